The Labute approximate surface area is 221 Å². The van der Waals surface area contributed by atoms with Crippen molar-refractivity contribution in [2.45, 2.75) is 103 Å². The van der Waals surface area contributed by atoms with Crippen molar-refractivity contribution in [1.82, 2.24) is 4.90 Å². The Bertz CT molecular complexity index is 776. The fourth-order valence-electron chi connectivity index (χ4n) is 7.14. The van der Waals surface area contributed by atoms with Crippen molar-refractivity contribution >= 4 is 31.9 Å². The second-order valence-electron chi connectivity index (χ2n) is 12.0. The van der Waals surface area contributed by atoms with Gasteiger partial charge in [0, 0.05) is 6.04 Å². The van der Waals surface area contributed by atoms with Crippen molar-refractivity contribution in [3.05, 3.63) is 30.7 Å². The number of halogens is 2. The van der Waals surface area contributed by atoms with E-state index in [2.05, 4.69) is 57.8 Å². The SMILES string of the molecule is Cc1cc(C(C)(C)C)c(O)c([Si](C)(C)C2CC(N3CCCC3)C3CCCCC32)c1.[CH3-].[Cl][Ti][Cl]. The topological polar surface area (TPSA) is 23.5 Å². The number of hydrogen-bond donors (Lipinski definition) is 1. The van der Waals surface area contributed by atoms with Crippen LogP contribution < -0.4 is 5.19 Å². The van der Waals surface area contributed by atoms with E-state index in [4.69, 9.17) is 18.6 Å². The number of likely N-dealkylation sites (tertiary alicyclic amines) is 1. The van der Waals surface area contributed by atoms with Crippen LogP contribution >= 0.6 is 18.6 Å². The van der Waals surface area contributed by atoms with Crippen LogP contribution in [-0.2, 0) is 22.4 Å². The van der Waals surface area contributed by atoms with Crippen LogP contribution in [0.2, 0.25) is 18.6 Å². The molecule has 6 heteroatoms. The van der Waals surface area contributed by atoms with Crippen molar-refractivity contribution in [2.75, 3.05) is 13.1 Å². The molecule has 4 rings (SSSR count). The molecule has 0 spiro atoms. The van der Waals surface area contributed by atoms with Gasteiger partial charge >= 0.3 is 35.6 Å². The molecule has 2 saturated carbocycles. The molecular weight excluding hydrogens is 501 g/mol. The summed E-state index contributed by atoms with van der Waals surface area (Å²) >= 11 is -0.556. The number of aromatic hydroxyl groups is 1. The summed E-state index contributed by atoms with van der Waals surface area (Å²) in [6.45, 7) is 16.7. The second kappa shape index (κ2) is 12.2. The van der Waals surface area contributed by atoms with Gasteiger partial charge in [-0.2, -0.15) is 0 Å². The monoisotopic (exact) mass is 546 g/mol. The van der Waals surface area contributed by atoms with Gasteiger partial charge in [0.1, 0.15) is 5.75 Å². The van der Waals surface area contributed by atoms with Crippen molar-refractivity contribution in [3.8, 4) is 5.75 Å². The predicted octanol–water partition coefficient (Wildman–Crippen LogP) is 7.79. The van der Waals surface area contributed by atoms with Crippen LogP contribution in [0.3, 0.4) is 0 Å². The van der Waals surface area contributed by atoms with E-state index < -0.39 is 25.1 Å². The zero-order valence-corrected chi connectivity index (χ0v) is 26.1. The molecule has 0 bridgehead atoms. The third-order valence-corrected chi connectivity index (χ3v) is 13.0. The van der Waals surface area contributed by atoms with Gasteiger partial charge in [-0.25, -0.2) is 0 Å². The zero-order chi connectivity index (χ0) is 23.7. The van der Waals surface area contributed by atoms with E-state index in [0.717, 1.165) is 29.0 Å². The van der Waals surface area contributed by atoms with Gasteiger partial charge in [-0.1, -0.05) is 70.8 Å². The first-order valence-electron chi connectivity index (χ1n) is 12.6. The molecule has 33 heavy (non-hydrogen) atoms. The Kier molecular flexibility index (Phi) is 10.9. The fraction of sp³-hybridized carbons (Fsp3) is 0.741. The maximum atomic E-state index is 11.4. The van der Waals surface area contributed by atoms with Crippen LogP contribution in [0.1, 0.15) is 76.8 Å². The summed E-state index contributed by atoms with van der Waals surface area (Å²) in [4.78, 5) is 2.85. The van der Waals surface area contributed by atoms with Gasteiger partial charge in [-0.15, -0.1) is 0 Å². The third kappa shape index (κ3) is 6.44. The van der Waals surface area contributed by atoms with Crippen molar-refractivity contribution < 1.29 is 22.1 Å². The minimum absolute atomic E-state index is 0. The number of phenols is 1. The average molecular weight is 548 g/mol. The van der Waals surface area contributed by atoms with Gasteiger partial charge in [-0.3, -0.25) is 0 Å². The predicted molar refractivity (Wildman–Crippen MR) is 145 cm³/mol. The maximum absolute atomic E-state index is 11.4. The molecule has 4 unspecified atom stereocenters. The Hall–Kier alpha value is 0.491. The molecule has 1 saturated heterocycles. The molecule has 1 heterocycles. The molecule has 1 aromatic carbocycles. The summed E-state index contributed by atoms with van der Waals surface area (Å²) in [5, 5.41) is 12.8. The number of hydrogen-bond acceptors (Lipinski definition) is 2. The Morgan fingerprint density at radius 2 is 1.55 bits per heavy atom. The van der Waals surface area contributed by atoms with E-state index in [0.29, 0.717) is 5.75 Å². The Morgan fingerprint density at radius 1 is 1.00 bits per heavy atom. The van der Waals surface area contributed by atoms with Crippen LogP contribution in [0.5, 0.6) is 5.75 Å². The molecule has 0 amide bonds. The first-order chi connectivity index (χ1) is 15.0. The van der Waals surface area contributed by atoms with Crippen LogP contribution in [0.4, 0.5) is 0 Å². The molecule has 1 aliphatic heterocycles. The minimum atomic E-state index is -1.81. The van der Waals surface area contributed by atoms with Crippen molar-refractivity contribution in [1.29, 1.82) is 0 Å². The van der Waals surface area contributed by atoms with Crippen LogP contribution in [-0.4, -0.2) is 37.2 Å². The molecule has 0 aromatic heterocycles. The van der Waals surface area contributed by atoms with E-state index in [1.54, 1.807) is 0 Å². The first-order valence-corrected chi connectivity index (χ1v) is 19.9. The van der Waals surface area contributed by atoms with Gasteiger partial charge < -0.3 is 17.4 Å². The van der Waals surface area contributed by atoms with Crippen LogP contribution in [0.15, 0.2) is 12.1 Å². The Balaban J connectivity index is 0.000000914. The summed E-state index contributed by atoms with van der Waals surface area (Å²) in [7, 11) is 7.97. The molecular formula is C27H46Cl2NOSiTi-. The van der Waals surface area contributed by atoms with E-state index >= 15 is 0 Å². The number of phenolic OH excluding ortho intramolecular Hbond substituents is 1. The van der Waals surface area contributed by atoms with Gasteiger partial charge in [-0.05, 0) is 79.2 Å². The van der Waals surface area contributed by atoms with Gasteiger partial charge in [0.05, 0.1) is 8.07 Å². The first kappa shape index (κ1) is 29.7. The summed E-state index contributed by atoms with van der Waals surface area (Å²) in [5.74, 6) is 2.42. The van der Waals surface area contributed by atoms with Crippen molar-refractivity contribution in [3.63, 3.8) is 0 Å². The number of rotatable bonds is 3. The van der Waals surface area contributed by atoms with Crippen LogP contribution in [0.25, 0.3) is 0 Å². The van der Waals surface area contributed by atoms with E-state index in [9.17, 15) is 5.11 Å². The molecule has 1 N–H and O–H groups in total. The Morgan fingerprint density at radius 3 is 2.09 bits per heavy atom. The fourth-order valence-corrected chi connectivity index (χ4v) is 11.2. The number of nitrogens with zero attached hydrogens (tertiary/aromatic N) is 1. The normalized spacial score (nSPS) is 27.9. The van der Waals surface area contributed by atoms with Gasteiger partial charge in [0.25, 0.3) is 0 Å². The quantitative estimate of drug-likeness (QED) is 0.309. The van der Waals surface area contributed by atoms with Gasteiger partial charge in [0.2, 0.25) is 0 Å². The number of fused-ring (bicyclic) bond motifs is 1. The molecule has 2 nitrogen and oxygen atoms in total. The molecule has 188 valence electrons. The molecule has 2 aliphatic carbocycles. The third-order valence-electron chi connectivity index (χ3n) is 8.67. The second-order valence-corrected chi connectivity index (χ2v) is 19.3. The molecule has 3 aliphatic rings. The standard InChI is InChI=1S/C26H43NOSi.CH3.2ClH.Ti/c1-18-15-21(26(2,3)4)25(28)24(16-18)29(5,6)23-17-22(27-13-9-10-14-27)19-11-7-8-12-20(19)23;;;;/h15-16,19-20,22-23,28H,7-14,17H2,1-6H3;1H3;2*1H;/q;-1;;;+2/p-2. The molecule has 0 radical (unpaired) electrons. The average Bonchev–Trinajstić information content (AvgIpc) is 3.37. The summed E-state index contributed by atoms with van der Waals surface area (Å²) in [6.07, 6.45) is 9.90. The summed E-state index contributed by atoms with van der Waals surface area (Å²) in [6, 6.07) is 5.38. The number of benzene rings is 1. The molecule has 3 fully saturated rings. The number of aryl methyl sites for hydroxylation is 1. The molecule has 1 aromatic rings. The van der Waals surface area contributed by atoms with Crippen molar-refractivity contribution in [2.24, 2.45) is 11.8 Å². The van der Waals surface area contributed by atoms with E-state index in [1.807, 2.05) is 0 Å². The summed E-state index contributed by atoms with van der Waals surface area (Å²) in [5.41, 5.74) is 3.25. The zero-order valence-electron chi connectivity index (χ0n) is 22.0. The van der Waals surface area contributed by atoms with E-state index in [1.165, 1.54) is 68.8 Å². The van der Waals surface area contributed by atoms with Crippen LogP contribution in [0, 0.1) is 26.2 Å². The molecule has 4 atom stereocenters. The van der Waals surface area contributed by atoms with Gasteiger partial charge in [0.15, 0.2) is 0 Å². The summed E-state index contributed by atoms with van der Waals surface area (Å²) < 4.78 is 0. The van der Waals surface area contributed by atoms with E-state index in [-0.39, 0.29) is 12.8 Å².